The molecule has 0 saturated heterocycles. The summed E-state index contributed by atoms with van der Waals surface area (Å²) in [7, 11) is 1.65. The Hall–Kier alpha value is -0.760. The fourth-order valence-electron chi connectivity index (χ4n) is 0.979. The van der Waals surface area contributed by atoms with E-state index in [1.807, 2.05) is 19.1 Å². The number of halogens is 1. The molecule has 0 bridgehead atoms. The Balaban J connectivity index is 2.95. The van der Waals surface area contributed by atoms with Crippen molar-refractivity contribution in [3.63, 3.8) is 0 Å². The van der Waals surface area contributed by atoms with Gasteiger partial charge < -0.3 is 4.74 Å². The summed E-state index contributed by atoms with van der Waals surface area (Å²) < 4.78 is 6.01. The molecule has 1 nitrogen and oxygen atoms in total. The smallest absolute Gasteiger partial charge is 0.0859 e. The van der Waals surface area contributed by atoms with Gasteiger partial charge in [-0.25, -0.2) is 0 Å². The minimum absolute atomic E-state index is 1.09. The number of hydrogen-bond acceptors (Lipinski definition) is 1. The number of ether oxygens (including phenoxy) is 1. The molecule has 64 valence electrons. The number of allylic oxidation sites excluding steroid dienone is 1. The molecule has 0 saturated carbocycles. The predicted molar refractivity (Wildman–Crippen MR) is 54.8 cm³/mol. The van der Waals surface area contributed by atoms with Gasteiger partial charge in [0.25, 0.3) is 0 Å². The van der Waals surface area contributed by atoms with Crippen molar-refractivity contribution >= 4 is 21.5 Å². The normalized spacial score (nSPS) is 11.4. The molecule has 0 atom stereocenters. The van der Waals surface area contributed by atoms with Crippen LogP contribution in [0.1, 0.15) is 12.5 Å². The molecule has 2 heteroatoms. The maximum absolute atomic E-state index is 4.92. The summed E-state index contributed by atoms with van der Waals surface area (Å²) in [4.78, 5) is 0. The summed E-state index contributed by atoms with van der Waals surface area (Å²) in [6, 6.07) is 8.12. The van der Waals surface area contributed by atoms with Crippen molar-refractivity contribution < 1.29 is 4.74 Å². The van der Waals surface area contributed by atoms with Crippen LogP contribution in [0.4, 0.5) is 0 Å². The van der Waals surface area contributed by atoms with E-state index in [2.05, 4.69) is 28.1 Å². The average Bonchev–Trinajstić information content (AvgIpc) is 2.05. The van der Waals surface area contributed by atoms with Gasteiger partial charge in [-0.2, -0.15) is 0 Å². The van der Waals surface area contributed by atoms with Gasteiger partial charge in [0, 0.05) is 4.47 Å². The zero-order valence-corrected chi connectivity index (χ0v) is 8.76. The molecule has 0 spiro atoms. The monoisotopic (exact) mass is 226 g/mol. The second-order valence-electron chi connectivity index (χ2n) is 2.55. The van der Waals surface area contributed by atoms with Gasteiger partial charge in [-0.05, 0) is 30.2 Å². The molecule has 0 aliphatic rings. The van der Waals surface area contributed by atoms with Crippen molar-refractivity contribution in [2.75, 3.05) is 7.11 Å². The average molecular weight is 227 g/mol. The fraction of sp³-hybridized carbons (Fsp3) is 0.200. The third-order valence-electron chi connectivity index (χ3n) is 1.57. The van der Waals surface area contributed by atoms with Crippen molar-refractivity contribution in [1.29, 1.82) is 0 Å². The van der Waals surface area contributed by atoms with Gasteiger partial charge in [0.1, 0.15) is 0 Å². The van der Waals surface area contributed by atoms with Crippen LogP contribution in [0.3, 0.4) is 0 Å². The second kappa shape index (κ2) is 4.31. The standard InChI is InChI=1S/C10H11BrO/c1-8(7-12-2)9-4-3-5-10(11)6-9/h3-7H,1-2H3/b8-7+. The van der Waals surface area contributed by atoms with Crippen LogP contribution in [0.2, 0.25) is 0 Å². The molecule has 0 heterocycles. The van der Waals surface area contributed by atoms with Crippen LogP contribution in [0.25, 0.3) is 5.57 Å². The minimum Gasteiger partial charge on any atom is -0.504 e. The largest absolute Gasteiger partial charge is 0.504 e. The summed E-state index contributed by atoms with van der Waals surface area (Å²) in [6.07, 6.45) is 1.74. The highest BCUT2D eigenvalue weighted by Crippen LogP contribution is 2.18. The van der Waals surface area contributed by atoms with Crippen molar-refractivity contribution in [2.24, 2.45) is 0 Å². The summed E-state index contributed by atoms with van der Waals surface area (Å²) in [6.45, 7) is 2.02. The van der Waals surface area contributed by atoms with Gasteiger partial charge in [-0.15, -0.1) is 0 Å². The summed E-state index contributed by atoms with van der Waals surface area (Å²) in [5.41, 5.74) is 2.30. The van der Waals surface area contributed by atoms with E-state index in [9.17, 15) is 0 Å². The summed E-state index contributed by atoms with van der Waals surface area (Å²) in [5, 5.41) is 0. The number of hydrogen-bond donors (Lipinski definition) is 0. The molecular formula is C10H11BrO. The lowest BCUT2D eigenvalue weighted by atomic mass is 10.1. The van der Waals surface area contributed by atoms with E-state index in [4.69, 9.17) is 4.74 Å². The quantitative estimate of drug-likeness (QED) is 0.703. The lowest BCUT2D eigenvalue weighted by molar-refractivity contribution is 0.339. The first-order valence-corrected chi connectivity index (χ1v) is 4.49. The van der Waals surface area contributed by atoms with Crippen molar-refractivity contribution in [3.05, 3.63) is 40.6 Å². The molecule has 0 radical (unpaired) electrons. The van der Waals surface area contributed by atoms with Crippen molar-refractivity contribution in [1.82, 2.24) is 0 Å². The zero-order chi connectivity index (χ0) is 8.97. The zero-order valence-electron chi connectivity index (χ0n) is 7.17. The van der Waals surface area contributed by atoms with E-state index in [1.54, 1.807) is 13.4 Å². The van der Waals surface area contributed by atoms with Gasteiger partial charge in [-0.1, -0.05) is 28.1 Å². The molecule has 12 heavy (non-hydrogen) atoms. The maximum atomic E-state index is 4.92. The molecule has 0 unspecified atom stereocenters. The Morgan fingerprint density at radius 1 is 1.50 bits per heavy atom. The van der Waals surface area contributed by atoms with Gasteiger partial charge in [-0.3, -0.25) is 0 Å². The second-order valence-corrected chi connectivity index (χ2v) is 3.46. The molecule has 0 fully saturated rings. The van der Waals surface area contributed by atoms with Crippen LogP contribution in [0.15, 0.2) is 35.0 Å². The molecular weight excluding hydrogens is 216 g/mol. The van der Waals surface area contributed by atoms with E-state index in [1.165, 1.54) is 5.56 Å². The molecule has 0 aliphatic heterocycles. The van der Waals surface area contributed by atoms with Crippen LogP contribution in [-0.4, -0.2) is 7.11 Å². The Kier molecular flexibility index (Phi) is 3.35. The Labute approximate surface area is 81.2 Å². The first kappa shape index (κ1) is 9.33. The Morgan fingerprint density at radius 3 is 2.83 bits per heavy atom. The fourth-order valence-corrected chi connectivity index (χ4v) is 1.38. The van der Waals surface area contributed by atoms with Gasteiger partial charge >= 0.3 is 0 Å². The highest BCUT2D eigenvalue weighted by Gasteiger charge is 1.95. The van der Waals surface area contributed by atoms with Gasteiger partial charge in [0.15, 0.2) is 0 Å². The molecule has 1 aromatic carbocycles. The topological polar surface area (TPSA) is 9.23 Å². The summed E-state index contributed by atoms with van der Waals surface area (Å²) in [5.74, 6) is 0. The molecule has 1 aromatic rings. The summed E-state index contributed by atoms with van der Waals surface area (Å²) >= 11 is 3.41. The van der Waals surface area contributed by atoms with Crippen LogP contribution in [-0.2, 0) is 4.74 Å². The number of rotatable bonds is 2. The van der Waals surface area contributed by atoms with E-state index in [-0.39, 0.29) is 0 Å². The van der Waals surface area contributed by atoms with Gasteiger partial charge in [0.2, 0.25) is 0 Å². The Morgan fingerprint density at radius 2 is 2.25 bits per heavy atom. The van der Waals surface area contributed by atoms with E-state index in [0.717, 1.165) is 10.0 Å². The van der Waals surface area contributed by atoms with E-state index >= 15 is 0 Å². The molecule has 1 rings (SSSR count). The number of benzene rings is 1. The van der Waals surface area contributed by atoms with Crippen molar-refractivity contribution in [2.45, 2.75) is 6.92 Å². The lowest BCUT2D eigenvalue weighted by Crippen LogP contribution is -1.80. The third kappa shape index (κ3) is 2.38. The first-order chi connectivity index (χ1) is 5.74. The predicted octanol–water partition coefficient (Wildman–Crippen LogP) is 3.46. The highest BCUT2D eigenvalue weighted by atomic mass is 79.9. The van der Waals surface area contributed by atoms with E-state index < -0.39 is 0 Å². The third-order valence-corrected chi connectivity index (χ3v) is 2.07. The first-order valence-electron chi connectivity index (χ1n) is 3.69. The SMILES string of the molecule is CO/C=C(\C)c1cccc(Br)c1. The van der Waals surface area contributed by atoms with Crippen LogP contribution in [0, 0.1) is 0 Å². The van der Waals surface area contributed by atoms with E-state index in [0.29, 0.717) is 0 Å². The molecule has 0 N–H and O–H groups in total. The highest BCUT2D eigenvalue weighted by molar-refractivity contribution is 9.10. The molecule has 0 aliphatic carbocycles. The van der Waals surface area contributed by atoms with Crippen LogP contribution in [0.5, 0.6) is 0 Å². The maximum Gasteiger partial charge on any atom is 0.0859 e. The van der Waals surface area contributed by atoms with Crippen molar-refractivity contribution in [3.8, 4) is 0 Å². The van der Waals surface area contributed by atoms with Crippen LogP contribution < -0.4 is 0 Å². The molecule has 0 aromatic heterocycles. The van der Waals surface area contributed by atoms with Gasteiger partial charge in [0.05, 0.1) is 13.4 Å². The number of methoxy groups -OCH3 is 1. The van der Waals surface area contributed by atoms with Crippen LogP contribution >= 0.6 is 15.9 Å². The Bertz CT molecular complexity index is 292. The molecule has 0 amide bonds. The lowest BCUT2D eigenvalue weighted by Gasteiger charge is -2.00. The minimum atomic E-state index is 1.09.